The second kappa shape index (κ2) is 8.10. The molecule has 1 unspecified atom stereocenters. The minimum atomic E-state index is -3.83. The Morgan fingerprint density at radius 2 is 2.07 bits per heavy atom. The summed E-state index contributed by atoms with van der Waals surface area (Å²) >= 11 is 6.99. The maximum atomic E-state index is 13.8. The quantitative estimate of drug-likeness (QED) is 0.736. The third kappa shape index (κ3) is 4.48. The summed E-state index contributed by atoms with van der Waals surface area (Å²) in [7, 11) is -3.83. The minimum absolute atomic E-state index is 0.00650. The minimum Gasteiger partial charge on any atom is -0.324 e. The van der Waals surface area contributed by atoms with Crippen LogP contribution >= 0.6 is 23.4 Å². The molecule has 0 saturated heterocycles. The van der Waals surface area contributed by atoms with E-state index in [0.29, 0.717) is 5.69 Å². The molecule has 1 heterocycles. The molecular formula is C18H16ClFN2O4S2. The Labute approximate surface area is 170 Å². The summed E-state index contributed by atoms with van der Waals surface area (Å²) in [5, 5.41) is 4.13. The molecule has 1 atom stereocenters. The van der Waals surface area contributed by atoms with E-state index in [-0.39, 0.29) is 33.7 Å². The number of rotatable bonds is 5. The van der Waals surface area contributed by atoms with Crippen LogP contribution in [-0.4, -0.2) is 31.2 Å². The molecule has 0 aromatic heterocycles. The number of fused-ring (bicyclic) bond motifs is 1. The van der Waals surface area contributed by atoms with Crippen LogP contribution in [0.15, 0.2) is 46.2 Å². The highest BCUT2D eigenvalue weighted by Crippen LogP contribution is 2.34. The monoisotopic (exact) mass is 442 g/mol. The highest BCUT2D eigenvalue weighted by molar-refractivity contribution is 8.00. The number of halogens is 2. The Bertz CT molecular complexity index is 1060. The molecule has 6 nitrogen and oxygen atoms in total. The zero-order valence-corrected chi connectivity index (χ0v) is 17.1. The molecule has 2 aromatic rings. The van der Waals surface area contributed by atoms with Gasteiger partial charge in [0.25, 0.3) is 0 Å². The lowest BCUT2D eigenvalue weighted by atomic mass is 10.2. The van der Waals surface area contributed by atoms with Gasteiger partial charge in [-0.1, -0.05) is 11.6 Å². The van der Waals surface area contributed by atoms with Crippen LogP contribution in [0.5, 0.6) is 0 Å². The van der Waals surface area contributed by atoms with E-state index in [4.69, 9.17) is 11.6 Å². The number of sulfone groups is 1. The first kappa shape index (κ1) is 20.6. The second-order valence-electron chi connectivity index (χ2n) is 6.23. The average molecular weight is 443 g/mol. The normalized spacial score (nSPS) is 14.8. The van der Waals surface area contributed by atoms with Crippen molar-refractivity contribution in [2.24, 2.45) is 0 Å². The lowest BCUT2D eigenvalue weighted by Gasteiger charge is -2.18. The molecule has 28 heavy (non-hydrogen) atoms. The van der Waals surface area contributed by atoms with Crippen molar-refractivity contribution in [3.05, 3.63) is 47.2 Å². The Morgan fingerprint density at radius 1 is 1.32 bits per heavy atom. The summed E-state index contributed by atoms with van der Waals surface area (Å²) < 4.78 is 39.4. The molecule has 0 radical (unpaired) electrons. The predicted octanol–water partition coefficient (Wildman–Crippen LogP) is 3.71. The number of nitrogens with one attached hydrogen (secondary N) is 2. The zero-order chi connectivity index (χ0) is 20.5. The van der Waals surface area contributed by atoms with E-state index in [2.05, 4.69) is 10.6 Å². The summed E-state index contributed by atoms with van der Waals surface area (Å²) in [5.41, 5.74) is 0.356. The van der Waals surface area contributed by atoms with Gasteiger partial charge in [0.2, 0.25) is 11.8 Å². The van der Waals surface area contributed by atoms with E-state index >= 15 is 0 Å². The number of hydrogen-bond donors (Lipinski definition) is 2. The van der Waals surface area contributed by atoms with Crippen molar-refractivity contribution in [2.75, 3.05) is 16.4 Å². The van der Waals surface area contributed by atoms with E-state index in [9.17, 15) is 22.4 Å². The highest BCUT2D eigenvalue weighted by atomic mass is 35.5. The van der Waals surface area contributed by atoms with Gasteiger partial charge < -0.3 is 10.6 Å². The van der Waals surface area contributed by atoms with Crippen molar-refractivity contribution in [3.8, 4) is 0 Å². The SMILES string of the molecule is CC(CC(=O)Nc1ccc(Cl)cc1F)S(=O)(=O)c1ccc2c(c1)NC(=O)CS2. The number of benzene rings is 2. The van der Waals surface area contributed by atoms with Crippen molar-refractivity contribution in [3.63, 3.8) is 0 Å². The van der Waals surface area contributed by atoms with Gasteiger partial charge in [0.1, 0.15) is 5.82 Å². The Hall–Kier alpha value is -2.10. The largest absolute Gasteiger partial charge is 0.324 e. The van der Waals surface area contributed by atoms with Gasteiger partial charge in [-0.25, -0.2) is 12.8 Å². The third-order valence-electron chi connectivity index (χ3n) is 4.12. The lowest BCUT2D eigenvalue weighted by molar-refractivity contribution is -0.116. The van der Waals surface area contributed by atoms with Crippen LogP contribution in [0.4, 0.5) is 15.8 Å². The van der Waals surface area contributed by atoms with Crippen molar-refractivity contribution in [1.29, 1.82) is 0 Å². The molecule has 2 N–H and O–H groups in total. The fraction of sp³-hybridized carbons (Fsp3) is 0.222. The van der Waals surface area contributed by atoms with E-state index in [1.807, 2.05) is 0 Å². The molecule has 2 amide bonds. The summed E-state index contributed by atoms with van der Waals surface area (Å²) in [5.74, 6) is -1.28. The van der Waals surface area contributed by atoms with Crippen LogP contribution in [0.25, 0.3) is 0 Å². The number of carbonyl (C=O) groups is 2. The van der Waals surface area contributed by atoms with Gasteiger partial charge in [0, 0.05) is 16.3 Å². The van der Waals surface area contributed by atoms with Crippen molar-refractivity contribution in [1.82, 2.24) is 0 Å². The van der Waals surface area contributed by atoms with Gasteiger partial charge in [-0.05, 0) is 43.3 Å². The summed E-state index contributed by atoms with van der Waals surface area (Å²) in [6, 6.07) is 8.24. The summed E-state index contributed by atoms with van der Waals surface area (Å²) in [6.07, 6.45) is -0.359. The molecule has 0 bridgehead atoms. The van der Waals surface area contributed by atoms with Gasteiger partial charge in [-0.15, -0.1) is 11.8 Å². The molecule has 0 spiro atoms. The molecule has 0 fully saturated rings. The molecule has 1 aliphatic rings. The van der Waals surface area contributed by atoms with Gasteiger partial charge in [0.05, 0.1) is 27.3 Å². The number of amides is 2. The van der Waals surface area contributed by atoms with Crippen LogP contribution < -0.4 is 10.6 Å². The lowest BCUT2D eigenvalue weighted by Crippen LogP contribution is -2.26. The third-order valence-corrected chi connectivity index (χ3v) is 7.57. The molecule has 3 rings (SSSR count). The van der Waals surface area contributed by atoms with Crippen LogP contribution in [0, 0.1) is 5.82 Å². The molecule has 2 aromatic carbocycles. The number of hydrogen-bond acceptors (Lipinski definition) is 5. The van der Waals surface area contributed by atoms with Crippen molar-refractivity contribution < 1.29 is 22.4 Å². The van der Waals surface area contributed by atoms with Gasteiger partial charge >= 0.3 is 0 Å². The first-order valence-corrected chi connectivity index (χ1v) is 11.1. The fourth-order valence-electron chi connectivity index (χ4n) is 2.63. The molecule has 0 aliphatic carbocycles. The Morgan fingerprint density at radius 3 is 2.79 bits per heavy atom. The standard InChI is InChI=1S/C18H16ClFN2O4S2/c1-10(6-17(23)21-14-4-2-11(19)7-13(14)20)28(25,26)12-3-5-16-15(8-12)22-18(24)9-27-16/h2-5,7-8,10H,6,9H2,1H3,(H,21,23)(H,22,24). The summed E-state index contributed by atoms with van der Waals surface area (Å²) in [4.78, 5) is 24.5. The maximum absolute atomic E-state index is 13.8. The molecule has 148 valence electrons. The molecular weight excluding hydrogens is 427 g/mol. The molecule has 1 aliphatic heterocycles. The number of anilines is 2. The number of thioether (sulfide) groups is 1. The van der Waals surface area contributed by atoms with E-state index in [1.165, 1.54) is 43.0 Å². The van der Waals surface area contributed by atoms with E-state index in [0.717, 1.165) is 11.0 Å². The highest BCUT2D eigenvalue weighted by Gasteiger charge is 2.28. The maximum Gasteiger partial charge on any atom is 0.234 e. The van der Waals surface area contributed by atoms with Crippen LogP contribution in [-0.2, 0) is 19.4 Å². The van der Waals surface area contributed by atoms with Crippen LogP contribution in [0.2, 0.25) is 5.02 Å². The fourth-order valence-corrected chi connectivity index (χ4v) is 4.96. The average Bonchev–Trinajstić information content (AvgIpc) is 2.63. The first-order chi connectivity index (χ1) is 13.2. The smallest absolute Gasteiger partial charge is 0.234 e. The predicted molar refractivity (Wildman–Crippen MR) is 107 cm³/mol. The second-order valence-corrected chi connectivity index (χ2v) is 10.0. The van der Waals surface area contributed by atoms with Gasteiger partial charge in [0.15, 0.2) is 9.84 Å². The molecule has 10 heteroatoms. The number of carbonyl (C=O) groups excluding carboxylic acids is 2. The van der Waals surface area contributed by atoms with Crippen molar-refractivity contribution >= 4 is 56.4 Å². The van der Waals surface area contributed by atoms with Gasteiger partial charge in [-0.2, -0.15) is 0 Å². The molecule has 0 saturated carbocycles. The van der Waals surface area contributed by atoms with E-state index in [1.54, 1.807) is 6.07 Å². The Kier molecular flexibility index (Phi) is 5.97. The van der Waals surface area contributed by atoms with Crippen molar-refractivity contribution in [2.45, 2.75) is 28.4 Å². The topological polar surface area (TPSA) is 92.3 Å². The van der Waals surface area contributed by atoms with Crippen LogP contribution in [0.3, 0.4) is 0 Å². The Balaban J connectivity index is 1.74. The first-order valence-electron chi connectivity index (χ1n) is 8.22. The van der Waals surface area contributed by atoms with Gasteiger partial charge in [-0.3, -0.25) is 9.59 Å². The zero-order valence-electron chi connectivity index (χ0n) is 14.7. The summed E-state index contributed by atoms with van der Waals surface area (Å²) in [6.45, 7) is 1.40. The van der Waals surface area contributed by atoms with E-state index < -0.39 is 26.8 Å². The van der Waals surface area contributed by atoms with Crippen LogP contribution in [0.1, 0.15) is 13.3 Å².